The predicted octanol–water partition coefficient (Wildman–Crippen LogP) is 3.49. The van der Waals surface area contributed by atoms with E-state index in [1.165, 1.54) is 19.3 Å². The first kappa shape index (κ1) is 14.2. The van der Waals surface area contributed by atoms with Gasteiger partial charge in [-0.1, -0.05) is 20.8 Å². The highest BCUT2D eigenvalue weighted by molar-refractivity contribution is 5.41. The quantitative estimate of drug-likeness (QED) is 0.901. The zero-order valence-electron chi connectivity index (χ0n) is 12.4. The van der Waals surface area contributed by atoms with Crippen molar-refractivity contribution in [1.29, 1.82) is 0 Å². The van der Waals surface area contributed by atoms with E-state index in [2.05, 4.69) is 26.1 Å². The lowest BCUT2D eigenvalue weighted by molar-refractivity contribution is 0.281. The highest BCUT2D eigenvalue weighted by Crippen LogP contribution is 2.30. The first-order valence-corrected chi connectivity index (χ1v) is 7.55. The molecule has 19 heavy (non-hydrogen) atoms. The summed E-state index contributed by atoms with van der Waals surface area (Å²) in [5.41, 5.74) is 1.18. The van der Waals surface area contributed by atoms with Gasteiger partial charge in [-0.2, -0.15) is 0 Å². The summed E-state index contributed by atoms with van der Waals surface area (Å²) in [6.45, 7) is 7.56. The van der Waals surface area contributed by atoms with Gasteiger partial charge >= 0.3 is 0 Å². The molecule has 1 aromatic heterocycles. The summed E-state index contributed by atoms with van der Waals surface area (Å²) in [7, 11) is 0. The lowest BCUT2D eigenvalue weighted by Gasteiger charge is -2.32. The average Bonchev–Trinajstić information content (AvgIpc) is 2.32. The Balaban J connectivity index is 2.06. The molecule has 1 aliphatic carbocycles. The summed E-state index contributed by atoms with van der Waals surface area (Å²) in [4.78, 5) is 11.7. The maximum absolute atomic E-state index is 11.7. The van der Waals surface area contributed by atoms with Gasteiger partial charge in [-0.05, 0) is 43.6 Å². The van der Waals surface area contributed by atoms with Gasteiger partial charge in [-0.3, -0.25) is 4.79 Å². The van der Waals surface area contributed by atoms with E-state index in [1.807, 2.05) is 12.3 Å². The number of nitrogens with zero attached hydrogens (tertiary/aromatic N) is 1. The second-order valence-electron chi connectivity index (χ2n) is 6.21. The molecule has 1 aromatic rings. The number of pyridine rings is 1. The fourth-order valence-electron chi connectivity index (χ4n) is 3.33. The first-order valence-electron chi connectivity index (χ1n) is 7.55. The maximum Gasteiger partial charge on any atom is 0.250 e. The van der Waals surface area contributed by atoms with Crippen LogP contribution in [0.25, 0.3) is 0 Å². The monoisotopic (exact) mass is 262 g/mol. The molecule has 0 aromatic carbocycles. The highest BCUT2D eigenvalue weighted by Gasteiger charge is 2.23. The molecular weight excluding hydrogens is 236 g/mol. The van der Waals surface area contributed by atoms with Gasteiger partial charge in [0.25, 0.3) is 5.56 Å². The van der Waals surface area contributed by atoms with Crippen LogP contribution in [0.1, 0.15) is 46.5 Å². The molecule has 0 amide bonds. The van der Waals surface area contributed by atoms with Crippen molar-refractivity contribution in [1.82, 2.24) is 4.57 Å². The van der Waals surface area contributed by atoms with Crippen molar-refractivity contribution in [3.05, 3.63) is 28.7 Å². The third-order valence-electron chi connectivity index (χ3n) is 4.00. The largest absolute Gasteiger partial charge is 0.381 e. The summed E-state index contributed by atoms with van der Waals surface area (Å²) >= 11 is 0. The molecule has 0 spiro atoms. The molecular formula is C16H26N2O. The van der Waals surface area contributed by atoms with E-state index in [0.29, 0.717) is 6.04 Å². The van der Waals surface area contributed by atoms with E-state index in [1.54, 1.807) is 10.6 Å². The van der Waals surface area contributed by atoms with Crippen LogP contribution >= 0.6 is 0 Å². The Bertz CT molecular complexity index is 456. The van der Waals surface area contributed by atoms with E-state index in [9.17, 15) is 4.79 Å². The third-order valence-corrected chi connectivity index (χ3v) is 4.00. The number of rotatable bonds is 4. The van der Waals surface area contributed by atoms with Crippen LogP contribution in [0.15, 0.2) is 23.1 Å². The van der Waals surface area contributed by atoms with Crippen LogP contribution in [-0.2, 0) is 6.54 Å². The van der Waals surface area contributed by atoms with Gasteiger partial charge in [-0.25, -0.2) is 0 Å². The van der Waals surface area contributed by atoms with Gasteiger partial charge in [0.1, 0.15) is 0 Å². The van der Waals surface area contributed by atoms with Crippen molar-refractivity contribution in [2.75, 3.05) is 5.32 Å². The third kappa shape index (κ3) is 3.85. The van der Waals surface area contributed by atoms with Gasteiger partial charge in [0.15, 0.2) is 0 Å². The number of nitrogens with one attached hydrogen (secondary N) is 1. The van der Waals surface area contributed by atoms with Crippen LogP contribution in [0.4, 0.5) is 5.69 Å². The van der Waals surface area contributed by atoms with Crippen LogP contribution in [0.2, 0.25) is 0 Å². The standard InChI is InChI=1S/C16H26N2O/c1-4-7-18-11-14(5-6-16(18)19)17-15-9-12(2)8-13(3)10-15/h5-6,11-13,15,17H,4,7-10H2,1-3H3. The Labute approximate surface area is 116 Å². The lowest BCUT2D eigenvalue weighted by Crippen LogP contribution is -2.30. The fraction of sp³-hybridized carbons (Fsp3) is 0.688. The summed E-state index contributed by atoms with van der Waals surface area (Å²) in [6.07, 6.45) is 6.76. The molecule has 2 rings (SSSR count). The molecule has 1 heterocycles. The number of hydrogen-bond donors (Lipinski definition) is 1. The molecule has 3 nitrogen and oxygen atoms in total. The SMILES string of the molecule is CCCn1cc(NC2CC(C)CC(C)C2)ccc1=O. The molecule has 106 valence electrons. The van der Waals surface area contributed by atoms with E-state index >= 15 is 0 Å². The van der Waals surface area contributed by atoms with Gasteiger partial charge < -0.3 is 9.88 Å². The molecule has 1 N–H and O–H groups in total. The highest BCUT2D eigenvalue weighted by atomic mass is 16.1. The van der Waals surface area contributed by atoms with E-state index in [-0.39, 0.29) is 5.56 Å². The zero-order chi connectivity index (χ0) is 13.8. The summed E-state index contributed by atoms with van der Waals surface area (Å²) < 4.78 is 1.80. The van der Waals surface area contributed by atoms with Crippen molar-refractivity contribution in [3.63, 3.8) is 0 Å². The molecule has 0 aliphatic heterocycles. The molecule has 1 fully saturated rings. The average molecular weight is 262 g/mol. The number of aromatic nitrogens is 1. The topological polar surface area (TPSA) is 34.0 Å². The van der Waals surface area contributed by atoms with Crippen molar-refractivity contribution >= 4 is 5.69 Å². The smallest absolute Gasteiger partial charge is 0.250 e. The number of hydrogen-bond acceptors (Lipinski definition) is 2. The Morgan fingerprint density at radius 1 is 1.21 bits per heavy atom. The Hall–Kier alpha value is -1.25. The summed E-state index contributed by atoms with van der Waals surface area (Å²) in [5, 5.41) is 3.61. The van der Waals surface area contributed by atoms with Crippen molar-refractivity contribution in [2.24, 2.45) is 11.8 Å². The zero-order valence-corrected chi connectivity index (χ0v) is 12.4. The summed E-state index contributed by atoms with van der Waals surface area (Å²) in [5.74, 6) is 1.59. The molecule has 0 bridgehead atoms. The Morgan fingerprint density at radius 2 is 1.89 bits per heavy atom. The van der Waals surface area contributed by atoms with Crippen LogP contribution < -0.4 is 10.9 Å². The Morgan fingerprint density at radius 3 is 2.53 bits per heavy atom. The minimum atomic E-state index is 0.0952. The first-order chi connectivity index (χ1) is 9.08. The van der Waals surface area contributed by atoms with E-state index in [4.69, 9.17) is 0 Å². The van der Waals surface area contributed by atoms with Crippen molar-refractivity contribution in [2.45, 2.75) is 59.0 Å². The van der Waals surface area contributed by atoms with Crippen LogP contribution in [0, 0.1) is 11.8 Å². The van der Waals surface area contributed by atoms with Gasteiger partial charge in [0.2, 0.25) is 0 Å². The minimum absolute atomic E-state index is 0.0952. The van der Waals surface area contributed by atoms with Crippen LogP contribution in [0.5, 0.6) is 0 Å². The van der Waals surface area contributed by atoms with Crippen LogP contribution in [-0.4, -0.2) is 10.6 Å². The second kappa shape index (κ2) is 6.27. The number of aryl methyl sites for hydroxylation is 1. The molecule has 3 heteroatoms. The predicted molar refractivity (Wildman–Crippen MR) is 80.6 cm³/mol. The second-order valence-corrected chi connectivity index (χ2v) is 6.21. The minimum Gasteiger partial charge on any atom is -0.381 e. The summed E-state index contributed by atoms with van der Waals surface area (Å²) in [6, 6.07) is 4.14. The molecule has 2 atom stereocenters. The Kier molecular flexibility index (Phi) is 4.67. The van der Waals surface area contributed by atoms with Gasteiger partial charge in [0, 0.05) is 24.8 Å². The normalized spacial score (nSPS) is 27.2. The van der Waals surface area contributed by atoms with E-state index < -0.39 is 0 Å². The van der Waals surface area contributed by atoms with E-state index in [0.717, 1.165) is 30.5 Å². The van der Waals surface area contributed by atoms with Crippen molar-refractivity contribution in [3.8, 4) is 0 Å². The van der Waals surface area contributed by atoms with Crippen molar-refractivity contribution < 1.29 is 0 Å². The number of anilines is 1. The lowest BCUT2D eigenvalue weighted by atomic mass is 9.80. The molecule has 0 saturated heterocycles. The van der Waals surface area contributed by atoms with Crippen LogP contribution in [0.3, 0.4) is 0 Å². The van der Waals surface area contributed by atoms with Gasteiger partial charge in [0.05, 0.1) is 5.69 Å². The molecule has 0 radical (unpaired) electrons. The fourth-order valence-corrected chi connectivity index (χ4v) is 3.33. The molecule has 2 unspecified atom stereocenters. The maximum atomic E-state index is 11.7. The van der Waals surface area contributed by atoms with Gasteiger partial charge in [-0.15, -0.1) is 0 Å². The molecule has 1 aliphatic rings. The molecule has 1 saturated carbocycles.